The largest absolute Gasteiger partial charge is 0.493 e. The van der Waals surface area contributed by atoms with Gasteiger partial charge in [-0.05, 0) is 49.2 Å². The van der Waals surface area contributed by atoms with E-state index in [0.717, 1.165) is 12.0 Å². The minimum atomic E-state index is -0.371. The molecule has 0 aliphatic heterocycles. The van der Waals surface area contributed by atoms with Gasteiger partial charge in [0.05, 0.1) is 13.3 Å². The number of nitrogens with one attached hydrogen (secondary N) is 2. The Morgan fingerprint density at radius 3 is 2.68 bits per heavy atom. The molecule has 0 unspecified atom stereocenters. The van der Waals surface area contributed by atoms with Crippen molar-refractivity contribution in [2.24, 2.45) is 7.05 Å². The van der Waals surface area contributed by atoms with Crippen LogP contribution in [0.25, 0.3) is 0 Å². The number of nitrogens with zero attached hydrogens (tertiary/aromatic N) is 2. The van der Waals surface area contributed by atoms with Gasteiger partial charge in [-0.1, -0.05) is 19.1 Å². The van der Waals surface area contributed by atoms with Crippen molar-refractivity contribution < 1.29 is 14.3 Å². The fraction of sp³-hybridized carbons (Fsp3) is 0.261. The maximum absolute atomic E-state index is 12.8. The van der Waals surface area contributed by atoms with E-state index in [-0.39, 0.29) is 22.9 Å². The molecule has 0 aliphatic rings. The molecule has 0 saturated heterocycles. The van der Waals surface area contributed by atoms with Gasteiger partial charge in [0.2, 0.25) is 0 Å². The molecule has 3 rings (SSSR count). The molecule has 1 aromatic heterocycles. The molecule has 0 spiro atoms. The first-order valence-corrected chi connectivity index (χ1v) is 9.97. The van der Waals surface area contributed by atoms with E-state index in [1.807, 2.05) is 26.0 Å². The summed E-state index contributed by atoms with van der Waals surface area (Å²) in [5.41, 5.74) is 1.92. The van der Waals surface area contributed by atoms with Crippen LogP contribution in [-0.2, 0) is 7.05 Å². The van der Waals surface area contributed by atoms with E-state index in [0.29, 0.717) is 29.3 Å². The van der Waals surface area contributed by atoms with Gasteiger partial charge in [-0.2, -0.15) is 5.10 Å². The van der Waals surface area contributed by atoms with Crippen molar-refractivity contribution in [1.29, 1.82) is 0 Å². The van der Waals surface area contributed by atoms with Crippen LogP contribution in [0.5, 0.6) is 17.2 Å². The lowest BCUT2D eigenvalue weighted by Crippen LogP contribution is -2.24. The monoisotopic (exact) mass is 422 g/mol. The first-order valence-electron chi connectivity index (χ1n) is 9.97. The molecular weight excluding hydrogens is 396 g/mol. The number of aromatic nitrogens is 2. The highest BCUT2D eigenvalue weighted by atomic mass is 16.5. The number of hydrogen-bond acceptors (Lipinski definition) is 6. The van der Waals surface area contributed by atoms with Crippen molar-refractivity contribution in [2.45, 2.75) is 20.3 Å². The van der Waals surface area contributed by atoms with Crippen molar-refractivity contribution in [1.82, 2.24) is 15.1 Å². The highest BCUT2D eigenvalue weighted by Gasteiger charge is 2.16. The molecular formula is C23H26N4O4. The Kier molecular flexibility index (Phi) is 6.92. The topological polar surface area (TPSA) is 94.5 Å². The molecule has 0 fully saturated rings. The van der Waals surface area contributed by atoms with Gasteiger partial charge in [0, 0.05) is 24.8 Å². The second kappa shape index (κ2) is 9.80. The number of anilines is 2. The van der Waals surface area contributed by atoms with Crippen LogP contribution in [0.2, 0.25) is 0 Å². The van der Waals surface area contributed by atoms with E-state index in [9.17, 15) is 9.59 Å². The number of methoxy groups -OCH3 is 1. The number of carbonyl (C=O) groups excluding carboxylic acids is 1. The van der Waals surface area contributed by atoms with Crippen molar-refractivity contribution in [3.05, 3.63) is 70.1 Å². The Balaban J connectivity index is 1.95. The van der Waals surface area contributed by atoms with Gasteiger partial charge >= 0.3 is 0 Å². The van der Waals surface area contributed by atoms with Crippen molar-refractivity contribution in [2.75, 3.05) is 19.0 Å². The van der Waals surface area contributed by atoms with E-state index in [1.165, 1.54) is 10.9 Å². The minimum absolute atomic E-state index is 0.172. The van der Waals surface area contributed by atoms with Crippen LogP contribution < -0.4 is 25.7 Å². The van der Waals surface area contributed by atoms with E-state index in [2.05, 4.69) is 15.7 Å². The molecule has 0 atom stereocenters. The third-order valence-corrected chi connectivity index (χ3v) is 4.57. The summed E-state index contributed by atoms with van der Waals surface area (Å²) in [7, 11) is 3.11. The Morgan fingerprint density at radius 1 is 1.13 bits per heavy atom. The highest BCUT2D eigenvalue weighted by molar-refractivity contribution is 5.95. The predicted molar refractivity (Wildman–Crippen MR) is 120 cm³/mol. The standard InChI is InChI=1S/C23H26N4O4/c1-5-11-24-22(28)16-7-6-8-17(13-16)26-21-20(14-25-27(3)23(21)29)31-18-10-9-15(2)12-19(18)30-4/h6-10,12-14,26H,5,11H2,1-4H3,(H,24,28). The van der Waals surface area contributed by atoms with Crippen molar-refractivity contribution in [3.8, 4) is 17.2 Å². The molecule has 0 bridgehead atoms. The fourth-order valence-corrected chi connectivity index (χ4v) is 2.92. The van der Waals surface area contributed by atoms with E-state index >= 15 is 0 Å². The molecule has 1 amide bonds. The lowest BCUT2D eigenvalue weighted by atomic mass is 10.2. The normalized spacial score (nSPS) is 10.5. The lowest BCUT2D eigenvalue weighted by Gasteiger charge is -2.15. The summed E-state index contributed by atoms with van der Waals surface area (Å²) in [5.74, 6) is 1.07. The average molecular weight is 422 g/mol. The molecule has 31 heavy (non-hydrogen) atoms. The molecule has 8 heteroatoms. The van der Waals surface area contributed by atoms with E-state index < -0.39 is 0 Å². The summed E-state index contributed by atoms with van der Waals surface area (Å²) >= 11 is 0. The van der Waals surface area contributed by atoms with Gasteiger partial charge in [-0.3, -0.25) is 9.59 Å². The number of ether oxygens (including phenoxy) is 2. The highest BCUT2D eigenvalue weighted by Crippen LogP contribution is 2.35. The maximum atomic E-state index is 12.8. The Bertz CT molecular complexity index is 1140. The molecule has 8 nitrogen and oxygen atoms in total. The maximum Gasteiger partial charge on any atom is 0.294 e. The van der Waals surface area contributed by atoms with Gasteiger partial charge in [0.1, 0.15) is 0 Å². The van der Waals surface area contributed by atoms with Gasteiger partial charge < -0.3 is 20.1 Å². The summed E-state index contributed by atoms with van der Waals surface area (Å²) in [4.78, 5) is 25.1. The summed E-state index contributed by atoms with van der Waals surface area (Å²) in [5, 5.41) is 9.99. The van der Waals surface area contributed by atoms with Gasteiger partial charge in [0.25, 0.3) is 11.5 Å². The van der Waals surface area contributed by atoms with Gasteiger partial charge in [-0.15, -0.1) is 0 Å². The zero-order chi connectivity index (χ0) is 22.4. The summed E-state index contributed by atoms with van der Waals surface area (Å²) in [6.45, 7) is 4.53. The van der Waals surface area contributed by atoms with Crippen LogP contribution in [0.4, 0.5) is 11.4 Å². The first kappa shape index (κ1) is 21.9. The molecule has 162 valence electrons. The summed E-state index contributed by atoms with van der Waals surface area (Å²) < 4.78 is 12.6. The van der Waals surface area contributed by atoms with Crippen LogP contribution in [0.1, 0.15) is 29.3 Å². The van der Waals surface area contributed by atoms with E-state index in [1.54, 1.807) is 44.5 Å². The summed E-state index contributed by atoms with van der Waals surface area (Å²) in [6.07, 6.45) is 2.31. The minimum Gasteiger partial charge on any atom is -0.493 e. The van der Waals surface area contributed by atoms with Crippen LogP contribution in [-0.4, -0.2) is 29.3 Å². The third kappa shape index (κ3) is 5.22. The Labute approximate surface area is 180 Å². The first-order chi connectivity index (χ1) is 14.9. The number of carbonyl (C=O) groups is 1. The SMILES string of the molecule is CCCNC(=O)c1cccc(Nc2c(Oc3ccc(C)cc3OC)cnn(C)c2=O)c1. The second-order valence-corrected chi connectivity index (χ2v) is 7.03. The lowest BCUT2D eigenvalue weighted by molar-refractivity contribution is 0.0953. The molecule has 0 saturated carbocycles. The number of aryl methyl sites for hydroxylation is 2. The van der Waals surface area contributed by atoms with Crippen molar-refractivity contribution >= 4 is 17.3 Å². The molecule has 2 N–H and O–H groups in total. The van der Waals surface area contributed by atoms with Crippen LogP contribution in [0.15, 0.2) is 53.5 Å². The second-order valence-electron chi connectivity index (χ2n) is 7.03. The number of benzene rings is 2. The zero-order valence-corrected chi connectivity index (χ0v) is 18.1. The quantitative estimate of drug-likeness (QED) is 0.574. The summed E-state index contributed by atoms with van der Waals surface area (Å²) in [6, 6.07) is 12.4. The van der Waals surface area contributed by atoms with Crippen LogP contribution >= 0.6 is 0 Å². The number of hydrogen-bond donors (Lipinski definition) is 2. The molecule has 0 radical (unpaired) electrons. The smallest absolute Gasteiger partial charge is 0.294 e. The number of rotatable bonds is 8. The van der Waals surface area contributed by atoms with Gasteiger partial charge in [-0.25, -0.2) is 4.68 Å². The Morgan fingerprint density at radius 2 is 1.94 bits per heavy atom. The number of amides is 1. The zero-order valence-electron chi connectivity index (χ0n) is 18.1. The molecule has 0 aliphatic carbocycles. The van der Waals surface area contributed by atoms with E-state index in [4.69, 9.17) is 9.47 Å². The molecule has 2 aromatic carbocycles. The van der Waals surface area contributed by atoms with Crippen molar-refractivity contribution in [3.63, 3.8) is 0 Å². The van der Waals surface area contributed by atoms with Crippen LogP contribution in [0.3, 0.4) is 0 Å². The Hall–Kier alpha value is -3.81. The van der Waals surface area contributed by atoms with Crippen LogP contribution in [0, 0.1) is 6.92 Å². The third-order valence-electron chi connectivity index (χ3n) is 4.57. The predicted octanol–water partition coefficient (Wildman–Crippen LogP) is 3.77. The van der Waals surface area contributed by atoms with Gasteiger partial charge in [0.15, 0.2) is 22.9 Å². The fourth-order valence-electron chi connectivity index (χ4n) is 2.92. The average Bonchev–Trinajstić information content (AvgIpc) is 2.78. The molecule has 1 heterocycles. The molecule has 3 aromatic rings.